The lowest BCUT2D eigenvalue weighted by Crippen LogP contribution is -2.55. The molecular weight excluding hydrogens is 594 g/mol. The standard InChI is InChI=1S/C39H71NO7/c1-6-8-10-12-14-16-18-19-20-22-24-26-28-30-38(42)47-35(33-45-32-31-36(39(43)44)40(3,4)5)34-46-37(41)29-27-25-23-21-17-15-13-11-9-7-2/h10,12,16,18,35-36H,6-9,11,13-15,17,19-34H2,1-5H3/b12-10-,18-16-. The molecule has 0 aromatic carbocycles. The molecule has 2 unspecified atom stereocenters. The Kier molecular flexibility index (Phi) is 29.7. The molecule has 0 aliphatic rings. The van der Waals surface area contributed by atoms with Crippen molar-refractivity contribution >= 4 is 17.9 Å². The smallest absolute Gasteiger partial charge is 0.306 e. The van der Waals surface area contributed by atoms with Crippen LogP contribution in [0, 0.1) is 0 Å². The molecule has 0 saturated heterocycles. The van der Waals surface area contributed by atoms with Crippen LogP contribution in [0.1, 0.15) is 155 Å². The molecule has 0 aliphatic heterocycles. The molecule has 2 atom stereocenters. The maximum atomic E-state index is 12.6. The number of nitrogens with zero attached hydrogens (tertiary/aromatic N) is 1. The summed E-state index contributed by atoms with van der Waals surface area (Å²) in [6.45, 7) is 4.55. The SMILES string of the molecule is CCC/C=C\C/C=C\CCCCCCCC(=O)OC(COCCC(C(=O)[O-])[N+](C)(C)C)COC(=O)CCCCCCCCCCCC. The fourth-order valence-electron chi connectivity index (χ4n) is 5.34. The van der Waals surface area contributed by atoms with Gasteiger partial charge in [0.2, 0.25) is 0 Å². The Morgan fingerprint density at radius 3 is 1.72 bits per heavy atom. The quantitative estimate of drug-likeness (QED) is 0.0303. The van der Waals surface area contributed by atoms with Crippen LogP contribution in [0.25, 0.3) is 0 Å². The van der Waals surface area contributed by atoms with E-state index in [2.05, 4.69) is 38.2 Å². The molecule has 0 bridgehead atoms. The summed E-state index contributed by atoms with van der Waals surface area (Å²) in [6, 6.07) is -0.724. The van der Waals surface area contributed by atoms with E-state index in [0.717, 1.165) is 70.6 Å². The van der Waals surface area contributed by atoms with Crippen LogP contribution in [0.15, 0.2) is 24.3 Å². The molecule has 0 radical (unpaired) electrons. The van der Waals surface area contributed by atoms with Crippen molar-refractivity contribution < 1.29 is 38.2 Å². The molecule has 8 nitrogen and oxygen atoms in total. The topological polar surface area (TPSA) is 102 Å². The number of unbranched alkanes of at least 4 members (excludes halogenated alkanes) is 15. The Bertz CT molecular complexity index is 834. The van der Waals surface area contributed by atoms with Gasteiger partial charge in [0.25, 0.3) is 0 Å². The molecule has 0 spiro atoms. The summed E-state index contributed by atoms with van der Waals surface area (Å²) in [5.41, 5.74) is 0. The van der Waals surface area contributed by atoms with Gasteiger partial charge in [-0.3, -0.25) is 9.59 Å². The second-order valence-corrected chi connectivity index (χ2v) is 13.8. The average Bonchev–Trinajstić information content (AvgIpc) is 3.01. The largest absolute Gasteiger partial charge is 0.544 e. The van der Waals surface area contributed by atoms with E-state index in [0.29, 0.717) is 12.8 Å². The molecule has 47 heavy (non-hydrogen) atoms. The minimum absolute atomic E-state index is 0.0378. The highest BCUT2D eigenvalue weighted by atomic mass is 16.6. The normalized spacial score (nSPS) is 13.3. The molecular formula is C39H71NO7. The van der Waals surface area contributed by atoms with Crippen molar-refractivity contribution in [1.29, 1.82) is 0 Å². The number of carboxylic acid groups (broad SMARTS) is 1. The second-order valence-electron chi connectivity index (χ2n) is 13.8. The van der Waals surface area contributed by atoms with Gasteiger partial charge in [-0.15, -0.1) is 0 Å². The fraction of sp³-hybridized carbons (Fsp3) is 0.821. The van der Waals surface area contributed by atoms with Gasteiger partial charge in [0.15, 0.2) is 6.10 Å². The second kappa shape index (κ2) is 31.1. The zero-order valence-corrected chi connectivity index (χ0v) is 30.9. The van der Waals surface area contributed by atoms with E-state index >= 15 is 0 Å². The fourth-order valence-corrected chi connectivity index (χ4v) is 5.34. The van der Waals surface area contributed by atoms with Crippen molar-refractivity contribution in [3.63, 3.8) is 0 Å². The predicted octanol–water partition coefficient (Wildman–Crippen LogP) is 8.02. The number of carbonyl (C=O) groups is 3. The van der Waals surface area contributed by atoms with E-state index in [4.69, 9.17) is 14.2 Å². The average molecular weight is 666 g/mol. The van der Waals surface area contributed by atoms with Crippen molar-refractivity contribution in [2.45, 2.75) is 167 Å². The lowest BCUT2D eigenvalue weighted by Gasteiger charge is -2.34. The van der Waals surface area contributed by atoms with Crippen LogP contribution < -0.4 is 5.11 Å². The van der Waals surface area contributed by atoms with Crippen LogP contribution in [0.5, 0.6) is 0 Å². The van der Waals surface area contributed by atoms with E-state index in [1.54, 1.807) is 21.1 Å². The number of hydrogen-bond acceptors (Lipinski definition) is 7. The van der Waals surface area contributed by atoms with Gasteiger partial charge < -0.3 is 28.6 Å². The number of aliphatic carboxylic acids is 1. The third-order valence-corrected chi connectivity index (χ3v) is 8.32. The summed E-state index contributed by atoms with van der Waals surface area (Å²) in [4.78, 5) is 36.6. The predicted molar refractivity (Wildman–Crippen MR) is 190 cm³/mol. The number of esters is 2. The van der Waals surface area contributed by atoms with E-state index in [-0.39, 0.29) is 42.7 Å². The first-order valence-corrected chi connectivity index (χ1v) is 18.9. The number of carboxylic acids is 1. The van der Waals surface area contributed by atoms with Gasteiger partial charge in [0, 0.05) is 19.3 Å². The molecule has 0 aromatic rings. The highest BCUT2D eigenvalue weighted by Crippen LogP contribution is 2.13. The molecule has 274 valence electrons. The van der Waals surface area contributed by atoms with Crippen LogP contribution >= 0.6 is 0 Å². The van der Waals surface area contributed by atoms with Crippen molar-refractivity contribution in [2.75, 3.05) is 41.0 Å². The van der Waals surface area contributed by atoms with Crippen LogP contribution in [-0.2, 0) is 28.6 Å². The van der Waals surface area contributed by atoms with Gasteiger partial charge in [0.05, 0.1) is 40.3 Å². The van der Waals surface area contributed by atoms with E-state index < -0.39 is 18.1 Å². The Labute approximate surface area is 288 Å². The van der Waals surface area contributed by atoms with Crippen molar-refractivity contribution in [3.05, 3.63) is 24.3 Å². The summed E-state index contributed by atoms with van der Waals surface area (Å²) in [7, 11) is 5.39. The maximum absolute atomic E-state index is 12.6. The number of carbonyl (C=O) groups excluding carboxylic acids is 3. The van der Waals surface area contributed by atoms with Gasteiger partial charge in [-0.1, -0.05) is 122 Å². The zero-order chi connectivity index (χ0) is 35.0. The number of rotatable bonds is 33. The number of ether oxygens (including phenoxy) is 3. The van der Waals surface area contributed by atoms with E-state index in [1.165, 1.54) is 51.4 Å². The summed E-state index contributed by atoms with van der Waals surface area (Å²) in [5, 5.41) is 11.6. The maximum Gasteiger partial charge on any atom is 0.306 e. The summed E-state index contributed by atoms with van der Waals surface area (Å²) in [6.07, 6.45) is 30.5. The Morgan fingerprint density at radius 1 is 0.638 bits per heavy atom. The lowest BCUT2D eigenvalue weighted by molar-refractivity contribution is -0.889. The molecule has 0 heterocycles. The van der Waals surface area contributed by atoms with E-state index in [1.807, 2.05) is 0 Å². The Balaban J connectivity index is 4.45. The molecule has 0 rings (SSSR count). The highest BCUT2D eigenvalue weighted by molar-refractivity contribution is 5.70. The zero-order valence-electron chi connectivity index (χ0n) is 30.9. The molecule has 0 N–H and O–H groups in total. The first kappa shape index (κ1) is 44.8. The van der Waals surface area contributed by atoms with Gasteiger partial charge in [0.1, 0.15) is 12.6 Å². The lowest BCUT2D eigenvalue weighted by atomic mass is 10.1. The van der Waals surface area contributed by atoms with Crippen molar-refractivity contribution in [3.8, 4) is 0 Å². The highest BCUT2D eigenvalue weighted by Gasteiger charge is 2.25. The van der Waals surface area contributed by atoms with Crippen molar-refractivity contribution in [2.24, 2.45) is 0 Å². The van der Waals surface area contributed by atoms with Crippen LogP contribution in [0.2, 0.25) is 0 Å². The van der Waals surface area contributed by atoms with Gasteiger partial charge >= 0.3 is 11.9 Å². The molecule has 0 amide bonds. The Morgan fingerprint density at radius 2 is 1.17 bits per heavy atom. The third-order valence-electron chi connectivity index (χ3n) is 8.32. The van der Waals surface area contributed by atoms with Crippen LogP contribution in [0.4, 0.5) is 0 Å². The summed E-state index contributed by atoms with van der Waals surface area (Å²) >= 11 is 0. The minimum Gasteiger partial charge on any atom is -0.544 e. The van der Waals surface area contributed by atoms with Crippen LogP contribution in [0.3, 0.4) is 0 Å². The molecule has 0 aromatic heterocycles. The first-order valence-electron chi connectivity index (χ1n) is 18.9. The van der Waals surface area contributed by atoms with Gasteiger partial charge in [-0.25, -0.2) is 0 Å². The third kappa shape index (κ3) is 29.7. The summed E-state index contributed by atoms with van der Waals surface area (Å²) in [5.74, 6) is -1.76. The first-order chi connectivity index (χ1) is 22.6. The Hall–Kier alpha value is -2.19. The molecule has 0 saturated carbocycles. The number of hydrogen-bond donors (Lipinski definition) is 0. The number of allylic oxidation sites excluding steroid dienone is 4. The van der Waals surface area contributed by atoms with E-state index in [9.17, 15) is 19.5 Å². The number of likely N-dealkylation sites (N-methyl/N-ethyl adjacent to an activating group) is 1. The van der Waals surface area contributed by atoms with Crippen LogP contribution in [-0.4, -0.2) is 75.5 Å². The number of quaternary nitrogens is 1. The van der Waals surface area contributed by atoms with Gasteiger partial charge in [-0.05, 0) is 38.5 Å². The molecule has 8 heteroatoms. The van der Waals surface area contributed by atoms with Gasteiger partial charge in [-0.2, -0.15) is 0 Å². The summed E-state index contributed by atoms with van der Waals surface area (Å²) < 4.78 is 17.0. The molecule has 0 aliphatic carbocycles. The van der Waals surface area contributed by atoms with Crippen molar-refractivity contribution in [1.82, 2.24) is 0 Å². The minimum atomic E-state index is -1.13. The monoisotopic (exact) mass is 666 g/mol. The molecule has 0 fully saturated rings.